The van der Waals surface area contributed by atoms with Crippen LogP contribution in [0.1, 0.15) is 10.4 Å². The zero-order valence-corrected chi connectivity index (χ0v) is 12.4. The van der Waals surface area contributed by atoms with E-state index in [-0.39, 0.29) is 18.0 Å². The van der Waals surface area contributed by atoms with Gasteiger partial charge < -0.3 is 15.5 Å². The second kappa shape index (κ2) is 6.81. The first-order valence-electron chi connectivity index (χ1n) is 6.29. The lowest BCUT2D eigenvalue weighted by atomic mass is 10.2. The van der Waals surface area contributed by atoms with Crippen molar-refractivity contribution < 1.29 is 14.0 Å². The average molecular weight is 344 g/mol. The Morgan fingerprint density at radius 1 is 1.35 bits per heavy atom. The van der Waals surface area contributed by atoms with Gasteiger partial charge in [-0.2, -0.15) is 0 Å². The van der Waals surface area contributed by atoms with Crippen molar-refractivity contribution in [1.29, 1.82) is 0 Å². The number of amides is 2. The Bertz CT molecular complexity index is 518. The van der Waals surface area contributed by atoms with Gasteiger partial charge in [0.05, 0.1) is 12.1 Å². The van der Waals surface area contributed by atoms with Gasteiger partial charge in [-0.3, -0.25) is 9.59 Å². The number of carbonyl (C=O) groups excluding carboxylic acids is 2. The van der Waals surface area contributed by atoms with Crippen molar-refractivity contribution in [3.8, 4) is 0 Å². The van der Waals surface area contributed by atoms with Gasteiger partial charge in [-0.25, -0.2) is 4.39 Å². The number of carbonyl (C=O) groups is 2. The highest BCUT2D eigenvalue weighted by Gasteiger charge is 2.18. The van der Waals surface area contributed by atoms with Crippen LogP contribution in [-0.4, -0.2) is 49.4 Å². The number of rotatable bonds is 3. The van der Waals surface area contributed by atoms with Crippen LogP contribution in [0.25, 0.3) is 0 Å². The summed E-state index contributed by atoms with van der Waals surface area (Å²) in [7, 11) is 0. The Balaban J connectivity index is 1.91. The van der Waals surface area contributed by atoms with Crippen LogP contribution < -0.4 is 10.6 Å². The lowest BCUT2D eigenvalue weighted by molar-refractivity contribution is -0.130. The van der Waals surface area contributed by atoms with Crippen molar-refractivity contribution in [3.63, 3.8) is 0 Å². The molecule has 0 atom stereocenters. The van der Waals surface area contributed by atoms with E-state index in [1.807, 2.05) is 0 Å². The number of halogens is 2. The fourth-order valence-corrected chi connectivity index (χ4v) is 2.38. The molecule has 1 aliphatic heterocycles. The van der Waals surface area contributed by atoms with Gasteiger partial charge in [-0.05, 0) is 34.1 Å². The summed E-state index contributed by atoms with van der Waals surface area (Å²) >= 11 is 3.18. The number of nitrogens with zero attached hydrogens (tertiary/aromatic N) is 1. The highest BCUT2D eigenvalue weighted by atomic mass is 79.9. The smallest absolute Gasteiger partial charge is 0.252 e. The molecule has 2 amide bonds. The minimum Gasteiger partial charge on any atom is -0.343 e. The Morgan fingerprint density at radius 3 is 2.75 bits per heavy atom. The molecule has 1 aromatic carbocycles. The molecule has 20 heavy (non-hydrogen) atoms. The molecule has 0 spiro atoms. The minimum atomic E-state index is -0.494. The van der Waals surface area contributed by atoms with E-state index in [4.69, 9.17) is 0 Å². The van der Waals surface area contributed by atoms with E-state index < -0.39 is 11.7 Å². The van der Waals surface area contributed by atoms with Gasteiger partial charge in [0.15, 0.2) is 0 Å². The third-order valence-corrected chi connectivity index (χ3v) is 3.73. The van der Waals surface area contributed by atoms with Gasteiger partial charge in [0, 0.05) is 30.7 Å². The van der Waals surface area contributed by atoms with Gasteiger partial charge >= 0.3 is 0 Å². The fourth-order valence-electron chi connectivity index (χ4n) is 1.95. The van der Waals surface area contributed by atoms with Gasteiger partial charge in [0.25, 0.3) is 5.91 Å². The van der Waals surface area contributed by atoms with Crippen LogP contribution in [0.15, 0.2) is 22.7 Å². The van der Waals surface area contributed by atoms with Crippen LogP contribution in [0.4, 0.5) is 4.39 Å². The maximum Gasteiger partial charge on any atom is 0.252 e. The van der Waals surface area contributed by atoms with Crippen LogP contribution in [-0.2, 0) is 4.79 Å². The van der Waals surface area contributed by atoms with E-state index in [0.717, 1.165) is 19.2 Å². The maximum absolute atomic E-state index is 13.1. The predicted molar refractivity (Wildman–Crippen MR) is 75.9 cm³/mol. The summed E-state index contributed by atoms with van der Waals surface area (Å²) in [5, 5.41) is 5.66. The molecule has 0 aromatic heterocycles. The SMILES string of the molecule is O=C(NCC(=O)N1CCNCC1)c1cc(F)ccc1Br. The molecule has 7 heteroatoms. The molecule has 1 heterocycles. The minimum absolute atomic E-state index is 0.0816. The second-order valence-electron chi connectivity index (χ2n) is 4.44. The van der Waals surface area contributed by atoms with Crippen LogP contribution >= 0.6 is 15.9 Å². The molecule has 0 radical (unpaired) electrons. The highest BCUT2D eigenvalue weighted by Crippen LogP contribution is 2.17. The largest absolute Gasteiger partial charge is 0.343 e. The normalized spacial score (nSPS) is 15.0. The molecule has 2 N–H and O–H groups in total. The molecule has 5 nitrogen and oxygen atoms in total. The topological polar surface area (TPSA) is 61.4 Å². The summed E-state index contributed by atoms with van der Waals surface area (Å²) in [6.07, 6.45) is 0. The number of hydrogen-bond donors (Lipinski definition) is 2. The number of nitrogens with one attached hydrogen (secondary N) is 2. The number of hydrogen-bond acceptors (Lipinski definition) is 3. The first-order chi connectivity index (χ1) is 9.58. The van der Waals surface area contributed by atoms with E-state index in [0.29, 0.717) is 17.6 Å². The predicted octanol–water partition coefficient (Wildman–Crippen LogP) is 0.750. The molecule has 1 aliphatic rings. The lowest BCUT2D eigenvalue weighted by Gasteiger charge is -2.27. The van der Waals surface area contributed by atoms with Crippen molar-refractivity contribution in [2.24, 2.45) is 0 Å². The first kappa shape index (κ1) is 14.9. The van der Waals surface area contributed by atoms with E-state index in [1.165, 1.54) is 12.1 Å². The highest BCUT2D eigenvalue weighted by molar-refractivity contribution is 9.10. The van der Waals surface area contributed by atoms with Gasteiger partial charge in [0.1, 0.15) is 5.82 Å². The molecule has 2 rings (SSSR count). The van der Waals surface area contributed by atoms with Gasteiger partial charge in [-0.15, -0.1) is 0 Å². The van der Waals surface area contributed by atoms with E-state index >= 15 is 0 Å². The van der Waals surface area contributed by atoms with Gasteiger partial charge in [0.2, 0.25) is 5.91 Å². The number of piperazine rings is 1. The van der Waals surface area contributed by atoms with Gasteiger partial charge in [-0.1, -0.05) is 0 Å². The van der Waals surface area contributed by atoms with E-state index in [9.17, 15) is 14.0 Å². The Labute approximate surface area is 124 Å². The lowest BCUT2D eigenvalue weighted by Crippen LogP contribution is -2.49. The Hall–Kier alpha value is -1.47. The van der Waals surface area contributed by atoms with Crippen LogP contribution in [0.3, 0.4) is 0 Å². The average Bonchev–Trinajstić information content (AvgIpc) is 2.47. The van der Waals surface area contributed by atoms with Crippen molar-refractivity contribution in [1.82, 2.24) is 15.5 Å². The quantitative estimate of drug-likeness (QED) is 0.851. The fraction of sp³-hybridized carbons (Fsp3) is 0.385. The summed E-state index contributed by atoms with van der Waals surface area (Å²) in [5.41, 5.74) is 0.179. The third-order valence-electron chi connectivity index (χ3n) is 3.04. The van der Waals surface area contributed by atoms with E-state index in [1.54, 1.807) is 4.90 Å². The van der Waals surface area contributed by atoms with E-state index in [2.05, 4.69) is 26.6 Å². The Kier molecular flexibility index (Phi) is 5.08. The van der Waals surface area contributed by atoms with Crippen LogP contribution in [0.5, 0.6) is 0 Å². The molecular weight excluding hydrogens is 329 g/mol. The van der Waals surface area contributed by atoms with Crippen molar-refractivity contribution in [2.45, 2.75) is 0 Å². The third kappa shape index (κ3) is 3.77. The molecule has 0 saturated carbocycles. The monoisotopic (exact) mass is 343 g/mol. The standard InChI is InChI=1S/C13H15BrFN3O2/c14-11-2-1-9(15)7-10(11)13(20)17-8-12(19)18-5-3-16-4-6-18/h1-2,7,16H,3-6,8H2,(H,17,20). The van der Waals surface area contributed by atoms with Crippen LogP contribution in [0, 0.1) is 5.82 Å². The molecule has 1 saturated heterocycles. The number of benzene rings is 1. The van der Waals surface area contributed by atoms with Crippen molar-refractivity contribution in [2.75, 3.05) is 32.7 Å². The summed E-state index contributed by atoms with van der Waals surface area (Å²) in [4.78, 5) is 25.5. The first-order valence-corrected chi connectivity index (χ1v) is 7.09. The van der Waals surface area contributed by atoms with Crippen LogP contribution in [0.2, 0.25) is 0 Å². The summed E-state index contributed by atoms with van der Waals surface area (Å²) in [5.74, 6) is -1.10. The summed E-state index contributed by atoms with van der Waals surface area (Å²) in [6.45, 7) is 2.71. The van der Waals surface area contributed by atoms with Crippen molar-refractivity contribution in [3.05, 3.63) is 34.1 Å². The molecule has 0 unspecified atom stereocenters. The summed E-state index contributed by atoms with van der Waals surface area (Å²) in [6, 6.07) is 3.85. The summed E-state index contributed by atoms with van der Waals surface area (Å²) < 4.78 is 13.6. The maximum atomic E-state index is 13.1. The molecule has 1 aromatic rings. The Morgan fingerprint density at radius 2 is 2.05 bits per heavy atom. The zero-order valence-electron chi connectivity index (χ0n) is 10.8. The zero-order chi connectivity index (χ0) is 14.5. The van der Waals surface area contributed by atoms with Crippen molar-refractivity contribution >= 4 is 27.7 Å². The molecular formula is C13H15BrFN3O2. The molecule has 0 aliphatic carbocycles. The molecule has 0 bridgehead atoms. The second-order valence-corrected chi connectivity index (χ2v) is 5.29. The molecule has 108 valence electrons. The molecule has 1 fully saturated rings.